The van der Waals surface area contributed by atoms with Crippen LogP contribution in [-0.2, 0) is 9.53 Å². The molecule has 0 spiro atoms. The molecule has 0 bridgehead atoms. The van der Waals surface area contributed by atoms with E-state index in [1.165, 1.54) is 24.3 Å². The van der Waals surface area contributed by atoms with Gasteiger partial charge in [0.25, 0.3) is 5.91 Å². The highest BCUT2D eigenvalue weighted by atomic mass is 19.4. The lowest BCUT2D eigenvalue weighted by Gasteiger charge is -2.09. The van der Waals surface area contributed by atoms with Crippen LogP contribution in [0.4, 0.5) is 24.5 Å². The molecule has 0 saturated heterocycles. The molecule has 0 aliphatic rings. The first-order valence-corrected chi connectivity index (χ1v) is 7.24. The fourth-order valence-electron chi connectivity index (χ4n) is 1.89. The molecule has 2 N–H and O–H groups in total. The lowest BCUT2D eigenvalue weighted by molar-refractivity contribution is -0.174. The number of hydrogen-bond donors (Lipinski definition) is 2. The molecule has 25 heavy (non-hydrogen) atoms. The Morgan fingerprint density at radius 3 is 2.08 bits per heavy atom. The number of benzene rings is 2. The van der Waals surface area contributed by atoms with Crippen LogP contribution in [0.3, 0.4) is 0 Å². The van der Waals surface area contributed by atoms with Crippen LogP contribution < -0.4 is 10.6 Å². The number of para-hydroxylation sites is 1. The van der Waals surface area contributed by atoms with Gasteiger partial charge in [-0.05, 0) is 36.4 Å². The SMILES string of the molecule is O=C(COCC(F)(F)F)Nc1ccc(C(=O)Nc2ccccc2)cc1. The van der Waals surface area contributed by atoms with Crippen molar-refractivity contribution >= 4 is 23.2 Å². The zero-order chi connectivity index (χ0) is 18.3. The Labute approximate surface area is 141 Å². The molecule has 2 rings (SSSR count). The van der Waals surface area contributed by atoms with Gasteiger partial charge in [0, 0.05) is 16.9 Å². The summed E-state index contributed by atoms with van der Waals surface area (Å²) >= 11 is 0. The summed E-state index contributed by atoms with van der Waals surface area (Å²) in [5.41, 5.74) is 1.36. The molecule has 0 heterocycles. The Bertz CT molecular complexity index is 716. The van der Waals surface area contributed by atoms with E-state index in [-0.39, 0.29) is 5.91 Å². The van der Waals surface area contributed by atoms with E-state index in [1.807, 2.05) is 6.07 Å². The topological polar surface area (TPSA) is 67.4 Å². The van der Waals surface area contributed by atoms with Gasteiger partial charge in [-0.15, -0.1) is 0 Å². The van der Waals surface area contributed by atoms with Crippen molar-refractivity contribution in [1.82, 2.24) is 0 Å². The average molecular weight is 352 g/mol. The van der Waals surface area contributed by atoms with Gasteiger partial charge in [-0.1, -0.05) is 18.2 Å². The van der Waals surface area contributed by atoms with Crippen LogP contribution in [-0.4, -0.2) is 31.2 Å². The van der Waals surface area contributed by atoms with Crippen molar-refractivity contribution in [3.05, 3.63) is 60.2 Å². The monoisotopic (exact) mass is 352 g/mol. The molecule has 0 aliphatic carbocycles. The molecule has 0 aromatic heterocycles. The van der Waals surface area contributed by atoms with E-state index in [2.05, 4.69) is 15.4 Å². The average Bonchev–Trinajstić information content (AvgIpc) is 2.55. The molecule has 0 saturated carbocycles. The smallest absolute Gasteiger partial charge is 0.362 e. The Morgan fingerprint density at radius 2 is 1.48 bits per heavy atom. The molecule has 0 unspecified atom stereocenters. The van der Waals surface area contributed by atoms with Gasteiger partial charge in [0.1, 0.15) is 13.2 Å². The zero-order valence-corrected chi connectivity index (χ0v) is 13.0. The summed E-state index contributed by atoms with van der Waals surface area (Å²) in [7, 11) is 0. The number of halogens is 3. The lowest BCUT2D eigenvalue weighted by Crippen LogP contribution is -2.24. The van der Waals surface area contributed by atoms with Crippen LogP contribution >= 0.6 is 0 Å². The molecule has 0 radical (unpaired) electrons. The Hall–Kier alpha value is -2.87. The molecule has 5 nitrogen and oxygen atoms in total. The van der Waals surface area contributed by atoms with Gasteiger partial charge >= 0.3 is 6.18 Å². The maximum absolute atomic E-state index is 12.1. The predicted octanol–water partition coefficient (Wildman–Crippen LogP) is 3.46. The van der Waals surface area contributed by atoms with Crippen LogP contribution in [0.1, 0.15) is 10.4 Å². The predicted molar refractivity (Wildman–Crippen MR) is 86.3 cm³/mol. The summed E-state index contributed by atoms with van der Waals surface area (Å²) in [4.78, 5) is 23.5. The van der Waals surface area contributed by atoms with Crippen molar-refractivity contribution in [2.24, 2.45) is 0 Å². The molecule has 0 aliphatic heterocycles. The third kappa shape index (κ3) is 6.64. The highest BCUT2D eigenvalue weighted by Crippen LogP contribution is 2.15. The van der Waals surface area contributed by atoms with Crippen molar-refractivity contribution in [1.29, 1.82) is 0 Å². The summed E-state index contributed by atoms with van der Waals surface area (Å²) in [5.74, 6) is -1.04. The number of hydrogen-bond acceptors (Lipinski definition) is 3. The number of ether oxygens (including phenoxy) is 1. The van der Waals surface area contributed by atoms with E-state index in [9.17, 15) is 22.8 Å². The molecule has 0 atom stereocenters. The molecule has 2 aromatic carbocycles. The Morgan fingerprint density at radius 1 is 0.880 bits per heavy atom. The molecule has 132 valence electrons. The summed E-state index contributed by atoms with van der Waals surface area (Å²) < 4.78 is 40.0. The molecule has 0 fully saturated rings. The van der Waals surface area contributed by atoms with Crippen LogP contribution in [0.2, 0.25) is 0 Å². The van der Waals surface area contributed by atoms with E-state index in [0.717, 1.165) is 0 Å². The lowest BCUT2D eigenvalue weighted by atomic mass is 10.2. The standard InChI is InChI=1S/C17H15F3N2O3/c18-17(19,20)11-25-10-15(23)21-14-8-6-12(7-9-14)16(24)22-13-4-2-1-3-5-13/h1-9H,10-11H2,(H,21,23)(H,22,24). The molecular formula is C17H15F3N2O3. The molecule has 2 amide bonds. The largest absolute Gasteiger partial charge is 0.411 e. The minimum atomic E-state index is -4.48. The second-order valence-corrected chi connectivity index (χ2v) is 5.05. The van der Waals surface area contributed by atoms with Crippen LogP contribution in [0.25, 0.3) is 0 Å². The highest BCUT2D eigenvalue weighted by Gasteiger charge is 2.27. The number of carbonyl (C=O) groups is 2. The van der Waals surface area contributed by atoms with E-state index in [4.69, 9.17) is 0 Å². The van der Waals surface area contributed by atoms with E-state index < -0.39 is 25.3 Å². The van der Waals surface area contributed by atoms with Gasteiger partial charge in [-0.25, -0.2) is 0 Å². The fraction of sp³-hybridized carbons (Fsp3) is 0.176. The first kappa shape index (κ1) is 18.5. The third-order valence-electron chi connectivity index (χ3n) is 2.96. The second kappa shape index (κ2) is 8.29. The fourth-order valence-corrected chi connectivity index (χ4v) is 1.89. The normalized spacial score (nSPS) is 11.0. The summed E-state index contributed by atoms with van der Waals surface area (Å²) in [6.45, 7) is -2.20. The molecule has 2 aromatic rings. The van der Waals surface area contributed by atoms with Crippen molar-refractivity contribution in [3.8, 4) is 0 Å². The zero-order valence-electron chi connectivity index (χ0n) is 13.0. The number of amides is 2. The van der Waals surface area contributed by atoms with Gasteiger partial charge in [-0.3, -0.25) is 9.59 Å². The highest BCUT2D eigenvalue weighted by molar-refractivity contribution is 6.04. The van der Waals surface area contributed by atoms with E-state index in [1.54, 1.807) is 24.3 Å². The van der Waals surface area contributed by atoms with Gasteiger partial charge in [0.15, 0.2) is 0 Å². The minimum Gasteiger partial charge on any atom is -0.362 e. The van der Waals surface area contributed by atoms with Crippen LogP contribution in [0, 0.1) is 0 Å². The van der Waals surface area contributed by atoms with Gasteiger partial charge in [0.05, 0.1) is 0 Å². The maximum Gasteiger partial charge on any atom is 0.411 e. The number of alkyl halides is 3. The summed E-state index contributed by atoms with van der Waals surface area (Å²) in [5, 5.41) is 5.09. The number of nitrogens with one attached hydrogen (secondary N) is 2. The molecular weight excluding hydrogens is 337 g/mol. The maximum atomic E-state index is 12.1. The summed E-state index contributed by atoms with van der Waals surface area (Å²) in [6.07, 6.45) is -4.48. The number of anilines is 2. The minimum absolute atomic E-state index is 0.322. The van der Waals surface area contributed by atoms with Crippen molar-refractivity contribution in [2.45, 2.75) is 6.18 Å². The first-order valence-electron chi connectivity index (χ1n) is 7.24. The second-order valence-electron chi connectivity index (χ2n) is 5.05. The molecule has 8 heteroatoms. The van der Waals surface area contributed by atoms with Gasteiger partial charge < -0.3 is 15.4 Å². The Kier molecular flexibility index (Phi) is 6.13. The summed E-state index contributed by atoms with van der Waals surface area (Å²) in [6, 6.07) is 14.8. The van der Waals surface area contributed by atoms with Crippen molar-refractivity contribution in [2.75, 3.05) is 23.8 Å². The first-order chi connectivity index (χ1) is 11.8. The van der Waals surface area contributed by atoms with Crippen LogP contribution in [0.5, 0.6) is 0 Å². The number of carbonyl (C=O) groups excluding carboxylic acids is 2. The van der Waals surface area contributed by atoms with Crippen molar-refractivity contribution in [3.63, 3.8) is 0 Å². The number of rotatable bonds is 6. The van der Waals surface area contributed by atoms with Gasteiger partial charge in [0.2, 0.25) is 5.91 Å². The van der Waals surface area contributed by atoms with Crippen molar-refractivity contribution < 1.29 is 27.5 Å². The van der Waals surface area contributed by atoms with Gasteiger partial charge in [-0.2, -0.15) is 13.2 Å². The Balaban J connectivity index is 1.85. The third-order valence-corrected chi connectivity index (χ3v) is 2.96. The van der Waals surface area contributed by atoms with E-state index >= 15 is 0 Å². The quantitative estimate of drug-likeness (QED) is 0.837. The van der Waals surface area contributed by atoms with E-state index in [0.29, 0.717) is 16.9 Å². The van der Waals surface area contributed by atoms with Crippen LogP contribution in [0.15, 0.2) is 54.6 Å².